The standard InChI is InChI=1S/C23H25NO6S3.C19H15O6S3.Co/c1-17-5-7-19(8-6-17)32(27,28)20-9-11-21(12-10-20)33(29,30)22-13-14-23(31(25)26)18(15-22)16-24(2,3)4;1-26(20,21)15-7-9-17(10-8-15)28(24,25)19-13-11-18(12-14-19)27(22,23)16-5-3-2-4-6-16;/h5-15H,16H2,1-4H3;3-14H,1H3;/q+1;;. The zero-order valence-electron chi connectivity index (χ0n) is 33.6. The van der Waals surface area contributed by atoms with Gasteiger partial charge in [0.2, 0.25) is 0 Å². The van der Waals surface area contributed by atoms with Gasteiger partial charge in [-0.15, -0.1) is 0 Å². The molecule has 0 radical (unpaired) electrons. The van der Waals surface area contributed by atoms with E-state index in [1.54, 1.807) is 33.3 Å². The van der Waals surface area contributed by atoms with Gasteiger partial charge in [0, 0.05) is 6.26 Å². The molecule has 0 saturated carbocycles. The van der Waals surface area contributed by atoms with E-state index in [9.17, 15) is 50.5 Å². The van der Waals surface area contributed by atoms with Crippen LogP contribution in [0.15, 0.2) is 188 Å². The number of hydrogen-bond donors (Lipinski definition) is 0. The van der Waals surface area contributed by atoms with E-state index in [0.29, 0.717) is 0 Å². The van der Waals surface area contributed by atoms with Crippen LogP contribution in [0.3, 0.4) is 0 Å². The predicted octanol–water partition coefficient (Wildman–Crippen LogP) is 5.03. The molecule has 20 heteroatoms. The fourth-order valence-electron chi connectivity index (χ4n) is 6.10. The van der Waals surface area contributed by atoms with Crippen molar-refractivity contribution in [1.82, 2.24) is 0 Å². The van der Waals surface area contributed by atoms with Crippen LogP contribution in [-0.4, -0.2) is 82.4 Å². The second-order valence-electron chi connectivity index (χ2n) is 15.1. The number of hydrogen-bond acceptors (Lipinski definition) is 12. The Bertz CT molecular complexity index is 3370. The van der Waals surface area contributed by atoms with Crippen molar-refractivity contribution in [1.29, 1.82) is 0 Å². The molecule has 0 spiro atoms. The minimum Gasteiger partial charge on any atom is -0.0580 e. The van der Waals surface area contributed by atoms with Crippen LogP contribution >= 0.6 is 0 Å². The first-order valence-electron chi connectivity index (χ1n) is 18.1. The van der Waals surface area contributed by atoms with Gasteiger partial charge in [0.1, 0.15) is 0 Å². The van der Waals surface area contributed by atoms with Gasteiger partial charge in [-0.25, -0.2) is 8.42 Å². The molecule has 0 aliphatic heterocycles. The molecule has 0 atom stereocenters. The summed E-state index contributed by atoms with van der Waals surface area (Å²) in [7, 11) is -18.8. The zero-order valence-corrected chi connectivity index (χ0v) is 39.6. The molecule has 62 heavy (non-hydrogen) atoms. The Balaban J connectivity index is 1.23. The van der Waals surface area contributed by atoms with Crippen molar-refractivity contribution in [2.45, 2.75) is 62.4 Å². The maximum atomic E-state index is 14.0. The summed E-state index contributed by atoms with van der Waals surface area (Å²) in [6, 6.07) is 28.9. The molecule has 0 aromatic heterocycles. The molecule has 0 fully saturated rings. The Labute approximate surface area is 368 Å². The molecule has 6 aromatic carbocycles. The topological polar surface area (TPSA) is 205 Å². The molecule has 6 rings (SSSR count). The molecule has 0 bridgehead atoms. The molecule has 329 valence electrons. The molecule has 0 amide bonds. The first-order chi connectivity index (χ1) is 28.6. The van der Waals surface area contributed by atoms with E-state index >= 15 is 0 Å². The number of quaternary nitrogens is 1. The van der Waals surface area contributed by atoms with E-state index in [1.807, 2.05) is 6.92 Å². The predicted molar refractivity (Wildman–Crippen MR) is 227 cm³/mol. The summed E-state index contributed by atoms with van der Waals surface area (Å²) in [5.41, 5.74) is 1.08. The number of aryl methyl sites for hydroxylation is 1. The van der Waals surface area contributed by atoms with Gasteiger partial charge in [0.25, 0.3) is 0 Å². The van der Waals surface area contributed by atoms with Crippen LogP contribution in [0.25, 0.3) is 0 Å². The Hall–Kier alpha value is -4.51. The smallest absolute Gasteiger partial charge is 0.0429 e. The summed E-state index contributed by atoms with van der Waals surface area (Å²) in [5.74, 6) is 0. The monoisotopic (exact) mass is 1000 g/mol. The van der Waals surface area contributed by atoms with E-state index in [1.165, 1.54) is 78.9 Å². The fourth-order valence-corrected chi connectivity index (χ4v) is 15.4. The second-order valence-corrected chi connectivity index (χ2v) is 29.3. The van der Waals surface area contributed by atoms with E-state index in [4.69, 9.17) is 0 Å². The van der Waals surface area contributed by atoms with Crippen molar-refractivity contribution in [3.8, 4) is 0 Å². The average molecular weight is 1000 g/mol. The summed E-state index contributed by atoms with van der Waals surface area (Å²) >= 11 is -0.185. The fraction of sp³-hybridized carbons (Fsp3) is 0.143. The third-order valence-electron chi connectivity index (χ3n) is 9.30. The van der Waals surface area contributed by atoms with Crippen LogP contribution < -0.4 is 4.50 Å². The molecule has 0 heterocycles. The number of rotatable bonds is 14. The van der Waals surface area contributed by atoms with Gasteiger partial charge in [-0.1, -0.05) is 17.7 Å². The number of sulfone groups is 5. The Morgan fingerprint density at radius 3 is 1.03 bits per heavy atom. The minimum absolute atomic E-state index is 0.0554. The molecule has 0 aliphatic carbocycles. The van der Waals surface area contributed by atoms with E-state index in [2.05, 4.69) is 0 Å². The van der Waals surface area contributed by atoms with Gasteiger partial charge in [-0.2, -0.15) is 0 Å². The third-order valence-corrected chi connectivity index (χ3v) is 21.4. The molecule has 13 nitrogen and oxygen atoms in total. The summed E-state index contributed by atoms with van der Waals surface area (Å²) in [6.45, 7) is 1.93. The van der Waals surface area contributed by atoms with Gasteiger partial charge in [-0.05, 0) is 31.2 Å². The van der Waals surface area contributed by atoms with Crippen molar-refractivity contribution < 1.29 is 68.6 Å². The summed E-state index contributed by atoms with van der Waals surface area (Å²) in [4.78, 5) is -1.48. The molecule has 0 aliphatic rings. The molecule has 0 saturated heterocycles. The quantitative estimate of drug-likeness (QED) is 0.132. The number of nitrogens with zero attached hydrogens (tertiary/aromatic N) is 1. The van der Waals surface area contributed by atoms with Crippen LogP contribution in [0.5, 0.6) is 0 Å². The maximum Gasteiger partial charge on any atom is -0.0429 e. The maximum absolute atomic E-state index is 14.0. The normalized spacial score (nSPS) is 13.2. The van der Waals surface area contributed by atoms with Crippen molar-refractivity contribution in [3.63, 3.8) is 0 Å². The molecular weight excluding hydrogens is 962 g/mol. The second kappa shape index (κ2) is 16.9. The Morgan fingerprint density at radius 1 is 0.403 bits per heavy atom. The van der Waals surface area contributed by atoms with Crippen LogP contribution in [-0.2, 0) is 77.6 Å². The van der Waals surface area contributed by atoms with Crippen LogP contribution in [0, 0.1) is 6.92 Å². The van der Waals surface area contributed by atoms with Crippen LogP contribution in [0.2, 0.25) is 0 Å². The summed E-state index contributed by atoms with van der Waals surface area (Å²) in [6.07, 6.45) is 0.989. The van der Waals surface area contributed by atoms with E-state index in [0.717, 1.165) is 60.4 Å². The average Bonchev–Trinajstić information content (AvgIpc) is 3.20. The first-order valence-corrected chi connectivity index (χ1v) is 29.1. The Morgan fingerprint density at radius 2 is 0.694 bits per heavy atom. The first kappa shape index (κ1) is 47.0. The van der Waals surface area contributed by atoms with Gasteiger partial charge >= 0.3 is 293 Å². The molecule has 6 aromatic rings. The summed E-state index contributed by atoms with van der Waals surface area (Å²) < 4.78 is 159. The van der Waals surface area contributed by atoms with E-state index in [-0.39, 0.29) is 83.6 Å². The number of benzene rings is 6. The van der Waals surface area contributed by atoms with Crippen molar-refractivity contribution in [2.24, 2.45) is 0 Å². The van der Waals surface area contributed by atoms with Crippen molar-refractivity contribution in [3.05, 3.63) is 151 Å². The molecule has 0 unspecified atom stereocenters. The van der Waals surface area contributed by atoms with Crippen LogP contribution in [0.4, 0.5) is 0 Å². The molecule has 0 N–H and O–H groups in total. The van der Waals surface area contributed by atoms with Gasteiger partial charge in [0.05, 0.1) is 4.90 Å². The third kappa shape index (κ3) is 9.98. The SMILES string of the molecule is Cc1ccc(S(=O)(=O)c2ccc(S(=O)(=O)c3ccc([S](=O)(=O)[Co][c]4ccc(S(=O)(=O)c5ccc(S(=O)(=O)c6ccc(S(C)(=O)=O)cc6)cc5)cc4)c(C[N+](C)(C)C)c3)cc2)cc1. The van der Waals surface area contributed by atoms with Crippen molar-refractivity contribution >= 4 is 62.0 Å². The summed E-state index contributed by atoms with van der Waals surface area (Å²) in [5, 5.41) is 0. The van der Waals surface area contributed by atoms with Gasteiger partial charge < -0.3 is 0 Å². The largest absolute Gasteiger partial charge is 0.0580 e. The van der Waals surface area contributed by atoms with Crippen molar-refractivity contribution in [2.75, 3.05) is 27.4 Å². The Kier molecular flexibility index (Phi) is 12.8. The minimum atomic E-state index is -4.25. The zero-order chi connectivity index (χ0) is 45.7. The van der Waals surface area contributed by atoms with E-state index < -0.39 is 57.5 Å². The molecular formula is C42H40CoNO12S6+. The van der Waals surface area contributed by atoms with Crippen LogP contribution in [0.1, 0.15) is 11.1 Å². The van der Waals surface area contributed by atoms with Gasteiger partial charge in [0.15, 0.2) is 9.84 Å². The van der Waals surface area contributed by atoms with Gasteiger partial charge in [-0.3, -0.25) is 0 Å².